The van der Waals surface area contributed by atoms with Crippen LogP contribution >= 0.6 is 11.3 Å². The van der Waals surface area contributed by atoms with Crippen molar-refractivity contribution in [1.29, 1.82) is 0 Å². The maximum absolute atomic E-state index is 11.1. The van der Waals surface area contributed by atoms with Crippen molar-refractivity contribution in [3.8, 4) is 10.6 Å². The fourth-order valence-corrected chi connectivity index (χ4v) is 2.73. The van der Waals surface area contributed by atoms with Gasteiger partial charge < -0.3 is 5.11 Å². The molecule has 20 heavy (non-hydrogen) atoms. The number of pyridine rings is 1. The van der Waals surface area contributed by atoms with Crippen LogP contribution in [0.3, 0.4) is 0 Å². The summed E-state index contributed by atoms with van der Waals surface area (Å²) < 4.78 is 0.892. The molecule has 0 saturated carbocycles. The monoisotopic (exact) mass is 285 g/mol. The summed E-state index contributed by atoms with van der Waals surface area (Å²) in [6.45, 7) is 0. The second kappa shape index (κ2) is 4.78. The highest BCUT2D eigenvalue weighted by Gasteiger charge is 2.12. The molecule has 1 aromatic carbocycles. The van der Waals surface area contributed by atoms with E-state index in [1.807, 2.05) is 0 Å². The van der Waals surface area contributed by atoms with Crippen molar-refractivity contribution in [3.05, 3.63) is 47.1 Å². The third kappa shape index (κ3) is 2.14. The maximum Gasteiger partial charge on any atom is 0.335 e. The van der Waals surface area contributed by atoms with Gasteiger partial charge in [-0.15, -0.1) is 16.2 Å². The number of nitrogens with zero attached hydrogens (tertiary/aromatic N) is 3. The van der Waals surface area contributed by atoms with Crippen LogP contribution in [0, 0.1) is 4.91 Å². The van der Waals surface area contributed by atoms with Crippen LogP contribution in [-0.4, -0.2) is 21.0 Å². The Kier molecular flexibility index (Phi) is 2.96. The zero-order valence-electron chi connectivity index (χ0n) is 9.98. The summed E-state index contributed by atoms with van der Waals surface area (Å²) in [6, 6.07) is 6.00. The highest BCUT2D eigenvalue weighted by Crippen LogP contribution is 2.32. The van der Waals surface area contributed by atoms with Gasteiger partial charge in [-0.2, -0.15) is 0 Å². The number of aromatic carboxylic acids is 1. The SMILES string of the molecule is O=Nc1cc(C(=O)O)cc(-c2nc3ccncc3s2)c1. The quantitative estimate of drug-likeness (QED) is 0.744. The summed E-state index contributed by atoms with van der Waals surface area (Å²) in [7, 11) is 0. The Morgan fingerprint density at radius 2 is 2.15 bits per heavy atom. The van der Waals surface area contributed by atoms with Crippen molar-refractivity contribution in [2.75, 3.05) is 0 Å². The number of hydrogen-bond acceptors (Lipinski definition) is 6. The number of carboxylic acids is 1. The van der Waals surface area contributed by atoms with Crippen LogP contribution < -0.4 is 0 Å². The van der Waals surface area contributed by atoms with E-state index in [0.29, 0.717) is 10.6 Å². The van der Waals surface area contributed by atoms with Gasteiger partial charge in [0.25, 0.3) is 0 Å². The van der Waals surface area contributed by atoms with E-state index in [4.69, 9.17) is 5.11 Å². The molecule has 0 spiro atoms. The normalized spacial score (nSPS) is 10.6. The average Bonchev–Trinajstić information content (AvgIpc) is 2.90. The van der Waals surface area contributed by atoms with E-state index < -0.39 is 5.97 Å². The number of rotatable bonds is 3. The first-order chi connectivity index (χ1) is 9.67. The Balaban J connectivity index is 2.19. The lowest BCUT2D eigenvalue weighted by atomic mass is 10.1. The van der Waals surface area contributed by atoms with Crippen molar-refractivity contribution >= 4 is 33.2 Å². The van der Waals surface area contributed by atoms with Crippen LogP contribution in [0.15, 0.2) is 41.8 Å². The third-order valence-electron chi connectivity index (χ3n) is 2.71. The van der Waals surface area contributed by atoms with E-state index in [1.54, 1.807) is 18.5 Å². The molecule has 6 nitrogen and oxygen atoms in total. The summed E-state index contributed by atoms with van der Waals surface area (Å²) >= 11 is 1.38. The Morgan fingerprint density at radius 3 is 2.85 bits per heavy atom. The van der Waals surface area contributed by atoms with E-state index in [-0.39, 0.29) is 11.3 Å². The zero-order chi connectivity index (χ0) is 14.1. The van der Waals surface area contributed by atoms with Gasteiger partial charge in [0.1, 0.15) is 10.7 Å². The first-order valence-electron chi connectivity index (χ1n) is 5.60. The topological polar surface area (TPSA) is 92.5 Å². The number of carbonyl (C=O) groups is 1. The molecule has 3 aromatic rings. The first-order valence-corrected chi connectivity index (χ1v) is 6.42. The molecule has 0 aliphatic rings. The summed E-state index contributed by atoms with van der Waals surface area (Å²) in [5, 5.41) is 12.5. The van der Waals surface area contributed by atoms with Crippen molar-refractivity contribution in [1.82, 2.24) is 9.97 Å². The second-order valence-corrected chi connectivity index (χ2v) is 5.06. The zero-order valence-corrected chi connectivity index (χ0v) is 10.8. The summed E-state index contributed by atoms with van der Waals surface area (Å²) in [5.74, 6) is -1.11. The standard InChI is InChI=1S/C13H7N3O3S/c17-13(18)8-3-7(4-9(5-8)16-19)12-15-10-1-2-14-6-11(10)20-12/h1-6H,(H,17,18). The fourth-order valence-electron chi connectivity index (χ4n) is 1.81. The minimum Gasteiger partial charge on any atom is -0.478 e. The average molecular weight is 285 g/mol. The Hall–Kier alpha value is -2.67. The molecule has 2 aromatic heterocycles. The van der Waals surface area contributed by atoms with Gasteiger partial charge in [0, 0.05) is 18.0 Å². The van der Waals surface area contributed by atoms with E-state index in [0.717, 1.165) is 10.2 Å². The molecule has 0 amide bonds. The second-order valence-electron chi connectivity index (χ2n) is 4.03. The lowest BCUT2D eigenvalue weighted by molar-refractivity contribution is 0.0697. The molecule has 0 unspecified atom stereocenters. The molecule has 0 aliphatic heterocycles. The smallest absolute Gasteiger partial charge is 0.335 e. The van der Waals surface area contributed by atoms with Crippen LogP contribution in [0.5, 0.6) is 0 Å². The van der Waals surface area contributed by atoms with E-state index in [2.05, 4.69) is 15.1 Å². The molecule has 0 atom stereocenters. The van der Waals surface area contributed by atoms with Gasteiger partial charge in [-0.25, -0.2) is 9.78 Å². The van der Waals surface area contributed by atoms with Crippen molar-refractivity contribution in [3.63, 3.8) is 0 Å². The van der Waals surface area contributed by atoms with E-state index >= 15 is 0 Å². The van der Waals surface area contributed by atoms with Crippen LogP contribution in [0.2, 0.25) is 0 Å². The van der Waals surface area contributed by atoms with Gasteiger partial charge in [-0.05, 0) is 29.4 Å². The molecule has 0 bridgehead atoms. The predicted octanol–water partition coefficient (Wildman–Crippen LogP) is 3.45. The molecule has 0 fully saturated rings. The number of nitroso groups, excluding NO2 is 1. The summed E-state index contributed by atoms with van der Waals surface area (Å²) in [5.41, 5.74) is 1.41. The maximum atomic E-state index is 11.1. The van der Waals surface area contributed by atoms with Crippen molar-refractivity contribution in [2.45, 2.75) is 0 Å². The molecule has 2 heterocycles. The van der Waals surface area contributed by atoms with Gasteiger partial charge in [0.2, 0.25) is 0 Å². The number of benzene rings is 1. The molecule has 0 saturated heterocycles. The van der Waals surface area contributed by atoms with Gasteiger partial charge in [0.15, 0.2) is 0 Å². The number of hydrogen-bond donors (Lipinski definition) is 1. The molecular weight excluding hydrogens is 278 g/mol. The summed E-state index contributed by atoms with van der Waals surface area (Å²) in [6.07, 6.45) is 3.33. The van der Waals surface area contributed by atoms with Crippen molar-refractivity contribution < 1.29 is 9.90 Å². The molecule has 7 heteroatoms. The third-order valence-corrected chi connectivity index (χ3v) is 3.76. The van der Waals surface area contributed by atoms with E-state index in [1.165, 1.54) is 29.5 Å². The molecular formula is C13H7N3O3S. The number of aromatic nitrogens is 2. The largest absolute Gasteiger partial charge is 0.478 e. The lowest BCUT2D eigenvalue weighted by Gasteiger charge is -2.00. The van der Waals surface area contributed by atoms with Crippen LogP contribution in [0.1, 0.15) is 10.4 Å². The first kappa shape index (κ1) is 12.4. The minimum atomic E-state index is -1.11. The lowest BCUT2D eigenvalue weighted by Crippen LogP contribution is -1.96. The van der Waals surface area contributed by atoms with Gasteiger partial charge in [-0.3, -0.25) is 4.98 Å². The Bertz CT molecular complexity index is 796. The highest BCUT2D eigenvalue weighted by atomic mass is 32.1. The van der Waals surface area contributed by atoms with Gasteiger partial charge in [-0.1, -0.05) is 0 Å². The Labute approximate surface area is 116 Å². The molecule has 3 rings (SSSR count). The number of carboxylic acid groups (broad SMARTS) is 1. The van der Waals surface area contributed by atoms with E-state index in [9.17, 15) is 9.70 Å². The molecule has 0 aliphatic carbocycles. The molecule has 0 radical (unpaired) electrons. The molecule has 98 valence electrons. The molecule has 1 N–H and O–H groups in total. The summed E-state index contributed by atoms with van der Waals surface area (Å²) in [4.78, 5) is 30.1. The van der Waals surface area contributed by atoms with Crippen LogP contribution in [0.4, 0.5) is 5.69 Å². The number of fused-ring (bicyclic) bond motifs is 1. The van der Waals surface area contributed by atoms with Crippen LogP contribution in [-0.2, 0) is 0 Å². The van der Waals surface area contributed by atoms with Gasteiger partial charge >= 0.3 is 5.97 Å². The predicted molar refractivity (Wildman–Crippen MR) is 75.3 cm³/mol. The van der Waals surface area contributed by atoms with Gasteiger partial charge in [0.05, 0.1) is 15.8 Å². The fraction of sp³-hybridized carbons (Fsp3) is 0. The Morgan fingerprint density at radius 1 is 1.30 bits per heavy atom. The highest BCUT2D eigenvalue weighted by molar-refractivity contribution is 7.21. The van der Waals surface area contributed by atoms with Crippen molar-refractivity contribution in [2.24, 2.45) is 5.18 Å². The number of thiazole rings is 1. The van der Waals surface area contributed by atoms with Crippen LogP contribution in [0.25, 0.3) is 20.8 Å². The minimum absolute atomic E-state index is 0.00878.